The molecule has 0 aromatic carbocycles. The molecule has 0 N–H and O–H groups in total. The topological polar surface area (TPSA) is 30.7 Å². The Kier molecular flexibility index (Phi) is 2.98. The van der Waals surface area contributed by atoms with Gasteiger partial charge in [-0.3, -0.25) is 0 Å². The van der Waals surface area contributed by atoms with Crippen LogP contribution in [0.15, 0.2) is 18.3 Å². The first-order valence-corrected chi connectivity index (χ1v) is 8.47. The van der Waals surface area contributed by atoms with Crippen LogP contribution in [0.1, 0.15) is 37.5 Å². The molecule has 19 heavy (non-hydrogen) atoms. The zero-order valence-corrected chi connectivity index (χ0v) is 11.9. The number of thioether (sulfide) groups is 1. The van der Waals surface area contributed by atoms with E-state index in [4.69, 9.17) is 4.98 Å². The first-order chi connectivity index (χ1) is 9.42. The van der Waals surface area contributed by atoms with Crippen LogP contribution in [0.4, 0.5) is 0 Å². The van der Waals surface area contributed by atoms with Gasteiger partial charge in [-0.2, -0.15) is 11.8 Å². The fourth-order valence-corrected chi connectivity index (χ4v) is 4.44. The predicted octanol–water partition coefficient (Wildman–Crippen LogP) is 3.45. The number of hydrogen-bond donors (Lipinski definition) is 0. The van der Waals surface area contributed by atoms with Crippen LogP contribution in [0.25, 0.3) is 11.2 Å². The molecule has 1 unspecified atom stereocenters. The summed E-state index contributed by atoms with van der Waals surface area (Å²) in [6.07, 6.45) is 8.35. The summed E-state index contributed by atoms with van der Waals surface area (Å²) in [4.78, 5) is 9.44. The largest absolute Gasteiger partial charge is 0.310 e. The molecule has 1 saturated heterocycles. The predicted molar refractivity (Wildman–Crippen MR) is 79.6 cm³/mol. The Bertz CT molecular complexity index is 582. The smallest absolute Gasteiger partial charge is 0.160 e. The van der Waals surface area contributed by atoms with Gasteiger partial charge in [0.1, 0.15) is 11.3 Å². The van der Waals surface area contributed by atoms with Gasteiger partial charge in [-0.05, 0) is 55.2 Å². The van der Waals surface area contributed by atoms with E-state index >= 15 is 0 Å². The second-order valence-corrected chi connectivity index (χ2v) is 6.91. The second-order valence-electron chi connectivity index (χ2n) is 5.76. The van der Waals surface area contributed by atoms with Gasteiger partial charge in [0.15, 0.2) is 5.65 Å². The lowest BCUT2D eigenvalue weighted by Crippen LogP contribution is -2.21. The van der Waals surface area contributed by atoms with Gasteiger partial charge in [0.25, 0.3) is 0 Å². The Morgan fingerprint density at radius 3 is 3.00 bits per heavy atom. The summed E-state index contributed by atoms with van der Waals surface area (Å²) in [5.74, 6) is 4.74. The van der Waals surface area contributed by atoms with E-state index in [9.17, 15) is 0 Å². The summed E-state index contributed by atoms with van der Waals surface area (Å²) in [5.41, 5.74) is 2.18. The molecule has 1 atom stereocenters. The molecular weight excluding hydrogens is 254 g/mol. The molecule has 1 aliphatic carbocycles. The van der Waals surface area contributed by atoms with Gasteiger partial charge < -0.3 is 4.57 Å². The molecule has 1 aliphatic heterocycles. The molecule has 3 heterocycles. The summed E-state index contributed by atoms with van der Waals surface area (Å²) < 4.78 is 2.45. The van der Waals surface area contributed by atoms with E-state index in [1.165, 1.54) is 43.0 Å². The highest BCUT2D eigenvalue weighted by Crippen LogP contribution is 2.36. The quantitative estimate of drug-likeness (QED) is 0.858. The minimum Gasteiger partial charge on any atom is -0.310 e. The number of nitrogens with zero attached hydrogens (tertiary/aromatic N) is 3. The molecule has 2 fully saturated rings. The standard InChI is InChI=1S/C15H19N3S/c1-3-12(4-1)18-14(9-11-6-8-19-10-11)17-13-5-2-7-16-15(13)18/h2,5,7,11-12H,1,3-4,6,8-10H2. The number of imidazole rings is 1. The maximum Gasteiger partial charge on any atom is 0.160 e. The van der Waals surface area contributed by atoms with Crippen molar-refractivity contribution in [3.8, 4) is 0 Å². The van der Waals surface area contributed by atoms with E-state index in [0.29, 0.717) is 6.04 Å². The van der Waals surface area contributed by atoms with E-state index in [0.717, 1.165) is 23.5 Å². The van der Waals surface area contributed by atoms with Crippen LogP contribution in [-0.2, 0) is 6.42 Å². The van der Waals surface area contributed by atoms with Gasteiger partial charge in [0, 0.05) is 18.7 Å². The van der Waals surface area contributed by atoms with E-state index in [1.54, 1.807) is 0 Å². The van der Waals surface area contributed by atoms with E-state index < -0.39 is 0 Å². The third kappa shape index (κ3) is 2.06. The van der Waals surface area contributed by atoms with Crippen LogP contribution < -0.4 is 0 Å². The average molecular weight is 273 g/mol. The first-order valence-electron chi connectivity index (χ1n) is 7.31. The molecule has 1 saturated carbocycles. The van der Waals surface area contributed by atoms with Gasteiger partial charge in [0.2, 0.25) is 0 Å². The molecule has 2 aromatic heterocycles. The maximum atomic E-state index is 4.87. The first kappa shape index (κ1) is 11.8. The van der Waals surface area contributed by atoms with Crippen molar-refractivity contribution in [2.75, 3.05) is 11.5 Å². The van der Waals surface area contributed by atoms with Crippen LogP contribution in [0.3, 0.4) is 0 Å². The highest BCUT2D eigenvalue weighted by Gasteiger charge is 2.27. The van der Waals surface area contributed by atoms with Crippen molar-refractivity contribution in [3.05, 3.63) is 24.2 Å². The minimum absolute atomic E-state index is 0.656. The summed E-state index contributed by atoms with van der Waals surface area (Å²) in [6, 6.07) is 4.75. The molecule has 0 radical (unpaired) electrons. The fraction of sp³-hybridized carbons (Fsp3) is 0.600. The number of rotatable bonds is 3. The highest BCUT2D eigenvalue weighted by molar-refractivity contribution is 7.99. The van der Waals surface area contributed by atoms with Crippen molar-refractivity contribution in [1.82, 2.24) is 14.5 Å². The van der Waals surface area contributed by atoms with Crippen molar-refractivity contribution in [2.24, 2.45) is 5.92 Å². The van der Waals surface area contributed by atoms with Gasteiger partial charge in [0.05, 0.1) is 0 Å². The number of pyridine rings is 1. The summed E-state index contributed by atoms with van der Waals surface area (Å²) in [5, 5.41) is 0. The van der Waals surface area contributed by atoms with Crippen molar-refractivity contribution in [3.63, 3.8) is 0 Å². The van der Waals surface area contributed by atoms with Gasteiger partial charge in [-0.1, -0.05) is 0 Å². The molecule has 4 rings (SSSR count). The Morgan fingerprint density at radius 2 is 2.26 bits per heavy atom. The van der Waals surface area contributed by atoms with Crippen LogP contribution in [0, 0.1) is 5.92 Å². The molecule has 2 aliphatic rings. The Labute approximate surface area is 117 Å². The highest BCUT2D eigenvalue weighted by atomic mass is 32.2. The molecule has 0 spiro atoms. The van der Waals surface area contributed by atoms with Crippen molar-refractivity contribution >= 4 is 22.9 Å². The molecule has 100 valence electrons. The zero-order valence-electron chi connectivity index (χ0n) is 11.1. The molecular formula is C15H19N3S. The zero-order chi connectivity index (χ0) is 12.7. The number of hydrogen-bond acceptors (Lipinski definition) is 3. The summed E-state index contributed by atoms with van der Waals surface area (Å²) in [6.45, 7) is 0. The lowest BCUT2D eigenvalue weighted by atomic mass is 9.92. The third-order valence-electron chi connectivity index (χ3n) is 4.46. The molecule has 2 aromatic rings. The average Bonchev–Trinajstić information content (AvgIpc) is 2.97. The monoisotopic (exact) mass is 273 g/mol. The van der Waals surface area contributed by atoms with Crippen LogP contribution in [0.5, 0.6) is 0 Å². The number of fused-ring (bicyclic) bond motifs is 1. The maximum absolute atomic E-state index is 4.87. The minimum atomic E-state index is 0.656. The van der Waals surface area contributed by atoms with Crippen molar-refractivity contribution in [1.29, 1.82) is 0 Å². The SMILES string of the molecule is c1cnc2c(c1)nc(CC1CCSC1)n2C1CCC1. The Balaban J connectivity index is 1.74. The van der Waals surface area contributed by atoms with Gasteiger partial charge >= 0.3 is 0 Å². The van der Waals surface area contributed by atoms with Gasteiger partial charge in [-0.25, -0.2) is 9.97 Å². The molecule has 4 heteroatoms. The van der Waals surface area contributed by atoms with Gasteiger partial charge in [-0.15, -0.1) is 0 Å². The molecule has 0 bridgehead atoms. The lowest BCUT2D eigenvalue weighted by molar-refractivity contribution is 0.308. The molecule has 3 nitrogen and oxygen atoms in total. The fourth-order valence-electron chi connectivity index (χ4n) is 3.15. The lowest BCUT2D eigenvalue weighted by Gasteiger charge is -2.29. The molecule has 0 amide bonds. The Morgan fingerprint density at radius 1 is 1.32 bits per heavy atom. The summed E-state index contributed by atoms with van der Waals surface area (Å²) >= 11 is 2.09. The van der Waals surface area contributed by atoms with Crippen molar-refractivity contribution < 1.29 is 0 Å². The van der Waals surface area contributed by atoms with Crippen LogP contribution in [0.2, 0.25) is 0 Å². The van der Waals surface area contributed by atoms with Crippen LogP contribution in [-0.4, -0.2) is 26.0 Å². The summed E-state index contributed by atoms with van der Waals surface area (Å²) in [7, 11) is 0. The van der Waals surface area contributed by atoms with E-state index in [-0.39, 0.29) is 0 Å². The number of aromatic nitrogens is 3. The normalized spacial score (nSPS) is 23.9. The Hall–Kier alpha value is -1.03. The van der Waals surface area contributed by atoms with E-state index in [1.807, 2.05) is 12.3 Å². The van der Waals surface area contributed by atoms with Crippen LogP contribution >= 0.6 is 11.8 Å². The van der Waals surface area contributed by atoms with Crippen molar-refractivity contribution in [2.45, 2.75) is 38.1 Å². The third-order valence-corrected chi connectivity index (χ3v) is 5.69. The second kappa shape index (κ2) is 4.82. The van der Waals surface area contributed by atoms with E-state index in [2.05, 4.69) is 27.4 Å².